The van der Waals surface area contributed by atoms with Crippen molar-refractivity contribution in [2.45, 2.75) is 22.2 Å². The maximum atomic E-state index is 12.5. The molecule has 1 aromatic carbocycles. The molecule has 0 radical (unpaired) electrons. The number of ketones is 1. The number of benzene rings is 1. The largest absolute Gasteiger partial charge is 0.446 e. The average Bonchev–Trinajstić information content (AvgIpc) is 2.29. The first-order valence-corrected chi connectivity index (χ1v) is 7.93. The minimum Gasteiger partial charge on any atom is -0.298 e. The van der Waals surface area contributed by atoms with E-state index in [2.05, 4.69) is 31.9 Å². The van der Waals surface area contributed by atoms with Crippen molar-refractivity contribution in [3.05, 3.63) is 29.3 Å². The van der Waals surface area contributed by atoms with Crippen LogP contribution in [0, 0.1) is 0 Å². The van der Waals surface area contributed by atoms with Gasteiger partial charge in [-0.3, -0.25) is 4.79 Å². The third-order valence-corrected chi connectivity index (χ3v) is 4.27. The normalized spacial score (nSPS) is 11.6. The number of carbonyl (C=O) groups excluding carboxylic acids is 1. The van der Waals surface area contributed by atoms with Crippen molar-refractivity contribution < 1.29 is 18.0 Å². The second-order valence-electron chi connectivity index (χ2n) is 3.44. The Hall–Kier alpha value is -0.0100. The van der Waals surface area contributed by atoms with Crippen molar-refractivity contribution in [1.29, 1.82) is 0 Å². The van der Waals surface area contributed by atoms with E-state index in [9.17, 15) is 18.0 Å². The predicted molar refractivity (Wildman–Crippen MR) is 73.5 cm³/mol. The minimum absolute atomic E-state index is 0.00447. The van der Waals surface area contributed by atoms with Crippen molar-refractivity contribution in [3.8, 4) is 0 Å². The Morgan fingerprint density at radius 1 is 1.22 bits per heavy atom. The fourth-order valence-corrected chi connectivity index (χ4v) is 3.01. The number of hydrogen-bond donors (Lipinski definition) is 0. The standard InChI is InChI=1S/C11H9Br2F3OS/c12-5-8-3-1-2-7(4-9(17)6-13)10(8)18-11(14,15)16/h1-3H,4-6H2. The predicted octanol–water partition coefficient (Wildman–Crippen LogP) is 4.70. The first kappa shape index (κ1) is 16.0. The van der Waals surface area contributed by atoms with Crippen LogP contribution >= 0.6 is 43.6 Å². The zero-order chi connectivity index (χ0) is 13.8. The van der Waals surface area contributed by atoms with Gasteiger partial charge in [0.05, 0.1) is 5.33 Å². The quantitative estimate of drug-likeness (QED) is 0.521. The Balaban J connectivity index is 3.12. The van der Waals surface area contributed by atoms with Crippen LogP contribution in [0.3, 0.4) is 0 Å². The summed E-state index contributed by atoms with van der Waals surface area (Å²) >= 11 is 6.00. The van der Waals surface area contributed by atoms with Gasteiger partial charge in [0.25, 0.3) is 0 Å². The molecule has 1 rings (SSSR count). The third-order valence-electron chi connectivity index (χ3n) is 2.08. The van der Waals surface area contributed by atoms with Crippen LogP contribution < -0.4 is 0 Å². The van der Waals surface area contributed by atoms with Gasteiger partial charge in [0.2, 0.25) is 0 Å². The number of carbonyl (C=O) groups is 1. The molecule has 0 fully saturated rings. The van der Waals surface area contributed by atoms with Crippen molar-refractivity contribution in [1.82, 2.24) is 0 Å². The molecular weight excluding hydrogens is 397 g/mol. The number of rotatable bonds is 5. The van der Waals surface area contributed by atoms with Crippen LogP contribution in [0.4, 0.5) is 13.2 Å². The lowest BCUT2D eigenvalue weighted by Crippen LogP contribution is -2.08. The highest BCUT2D eigenvalue weighted by Gasteiger charge is 2.31. The molecule has 18 heavy (non-hydrogen) atoms. The minimum atomic E-state index is -4.36. The van der Waals surface area contributed by atoms with Gasteiger partial charge >= 0.3 is 5.51 Å². The summed E-state index contributed by atoms with van der Waals surface area (Å²) in [5.41, 5.74) is -3.40. The lowest BCUT2D eigenvalue weighted by molar-refractivity contribution is -0.115. The van der Waals surface area contributed by atoms with E-state index in [1.165, 1.54) is 0 Å². The lowest BCUT2D eigenvalue weighted by atomic mass is 10.1. The number of thioether (sulfide) groups is 1. The van der Waals surface area contributed by atoms with Gasteiger partial charge in [0, 0.05) is 16.6 Å². The molecule has 0 aromatic heterocycles. The summed E-state index contributed by atoms with van der Waals surface area (Å²) in [6, 6.07) is 4.83. The molecule has 0 amide bonds. The van der Waals surface area contributed by atoms with E-state index >= 15 is 0 Å². The summed E-state index contributed by atoms with van der Waals surface area (Å²) in [6.45, 7) is 0. The SMILES string of the molecule is O=C(CBr)Cc1cccc(CBr)c1SC(F)(F)F. The Labute approximate surface area is 124 Å². The first-order valence-electron chi connectivity index (χ1n) is 4.87. The van der Waals surface area contributed by atoms with E-state index < -0.39 is 5.51 Å². The van der Waals surface area contributed by atoms with E-state index in [4.69, 9.17) is 0 Å². The van der Waals surface area contributed by atoms with Gasteiger partial charge in [0.1, 0.15) is 5.78 Å². The second-order valence-corrected chi connectivity index (χ2v) is 5.63. The van der Waals surface area contributed by atoms with E-state index in [1.807, 2.05) is 0 Å². The van der Waals surface area contributed by atoms with E-state index in [0.29, 0.717) is 16.5 Å². The summed E-state index contributed by atoms with van der Waals surface area (Å²) in [4.78, 5) is 11.5. The van der Waals surface area contributed by atoms with E-state index in [0.717, 1.165) is 0 Å². The summed E-state index contributed by atoms with van der Waals surface area (Å²) in [7, 11) is 0. The van der Waals surface area contributed by atoms with Crippen LogP contribution in [0.15, 0.2) is 23.1 Å². The number of halogens is 5. The molecule has 0 aliphatic heterocycles. The van der Waals surface area contributed by atoms with Gasteiger partial charge in [0.15, 0.2) is 0 Å². The molecule has 0 heterocycles. The number of Topliss-reactive ketones (excluding diaryl/α,β-unsaturated/α-hetero) is 1. The van der Waals surface area contributed by atoms with Gasteiger partial charge in [-0.2, -0.15) is 13.2 Å². The number of hydrogen-bond acceptors (Lipinski definition) is 2. The van der Waals surface area contributed by atoms with Crippen molar-refractivity contribution in [2.24, 2.45) is 0 Å². The van der Waals surface area contributed by atoms with Crippen molar-refractivity contribution in [3.63, 3.8) is 0 Å². The molecule has 0 saturated carbocycles. The van der Waals surface area contributed by atoms with Crippen LogP contribution in [-0.2, 0) is 16.5 Å². The van der Waals surface area contributed by atoms with Crippen LogP contribution in [0.5, 0.6) is 0 Å². The average molecular weight is 406 g/mol. The van der Waals surface area contributed by atoms with E-state index in [-0.39, 0.29) is 34.2 Å². The van der Waals surface area contributed by atoms with Crippen LogP contribution in [0.2, 0.25) is 0 Å². The smallest absolute Gasteiger partial charge is 0.298 e. The maximum absolute atomic E-state index is 12.5. The van der Waals surface area contributed by atoms with Gasteiger partial charge in [-0.15, -0.1) is 0 Å². The molecule has 0 N–H and O–H groups in total. The fourth-order valence-electron chi connectivity index (χ4n) is 1.39. The molecule has 0 aliphatic rings. The highest BCUT2D eigenvalue weighted by molar-refractivity contribution is 9.09. The Bertz CT molecular complexity index is 435. The van der Waals surface area contributed by atoms with Gasteiger partial charge in [-0.25, -0.2) is 0 Å². The molecule has 1 aromatic rings. The molecule has 0 bridgehead atoms. The summed E-state index contributed by atoms with van der Waals surface area (Å²) in [6.07, 6.45) is 0.00447. The highest BCUT2D eigenvalue weighted by atomic mass is 79.9. The van der Waals surface area contributed by atoms with Gasteiger partial charge in [-0.1, -0.05) is 50.1 Å². The fraction of sp³-hybridized carbons (Fsp3) is 0.364. The zero-order valence-corrected chi connectivity index (χ0v) is 13.0. The Morgan fingerprint density at radius 2 is 1.83 bits per heavy atom. The topological polar surface area (TPSA) is 17.1 Å². The molecule has 0 atom stereocenters. The third kappa shape index (κ3) is 4.93. The Morgan fingerprint density at radius 3 is 2.33 bits per heavy atom. The summed E-state index contributed by atoms with van der Waals surface area (Å²) < 4.78 is 37.5. The summed E-state index contributed by atoms with van der Waals surface area (Å²) in [5.74, 6) is -0.147. The van der Waals surface area contributed by atoms with Crippen LogP contribution in [0.1, 0.15) is 11.1 Å². The van der Waals surface area contributed by atoms with Gasteiger partial charge < -0.3 is 0 Å². The second kappa shape index (κ2) is 6.96. The molecule has 7 heteroatoms. The summed E-state index contributed by atoms with van der Waals surface area (Å²) in [5, 5.41) is 0.462. The lowest BCUT2D eigenvalue weighted by Gasteiger charge is -2.14. The zero-order valence-electron chi connectivity index (χ0n) is 9.06. The monoisotopic (exact) mass is 404 g/mol. The number of alkyl halides is 5. The molecule has 0 spiro atoms. The van der Waals surface area contributed by atoms with E-state index in [1.54, 1.807) is 18.2 Å². The molecule has 0 aliphatic carbocycles. The maximum Gasteiger partial charge on any atom is 0.446 e. The Kier molecular flexibility index (Phi) is 6.20. The van der Waals surface area contributed by atoms with Gasteiger partial charge in [-0.05, 0) is 22.9 Å². The van der Waals surface area contributed by atoms with Crippen molar-refractivity contribution in [2.75, 3.05) is 5.33 Å². The molecular formula is C11H9Br2F3OS. The molecule has 0 unspecified atom stereocenters. The highest BCUT2D eigenvalue weighted by Crippen LogP contribution is 2.41. The molecule has 100 valence electrons. The van der Waals surface area contributed by atoms with Crippen LogP contribution in [0.25, 0.3) is 0 Å². The molecule has 0 saturated heterocycles. The first-order chi connectivity index (χ1) is 8.37. The van der Waals surface area contributed by atoms with Crippen molar-refractivity contribution >= 4 is 49.4 Å². The van der Waals surface area contributed by atoms with Crippen LogP contribution in [-0.4, -0.2) is 16.6 Å². The molecule has 1 nitrogen and oxygen atoms in total.